The lowest BCUT2D eigenvalue weighted by molar-refractivity contribution is 0.0517. The summed E-state index contributed by atoms with van der Waals surface area (Å²) >= 11 is 0. The minimum atomic E-state index is 0.0274. The summed E-state index contributed by atoms with van der Waals surface area (Å²) < 4.78 is 5.94. The zero-order valence-electron chi connectivity index (χ0n) is 15.0. The van der Waals surface area contributed by atoms with E-state index in [9.17, 15) is 4.79 Å². The zero-order valence-corrected chi connectivity index (χ0v) is 15.0. The van der Waals surface area contributed by atoms with Gasteiger partial charge in [-0.25, -0.2) is 4.79 Å². The molecule has 1 aromatic heterocycles. The fourth-order valence-electron chi connectivity index (χ4n) is 4.13. The van der Waals surface area contributed by atoms with Gasteiger partial charge < -0.3 is 15.0 Å². The molecule has 1 aliphatic carbocycles. The number of urea groups is 1. The van der Waals surface area contributed by atoms with Crippen LogP contribution in [-0.2, 0) is 11.3 Å². The molecule has 1 spiro atoms. The van der Waals surface area contributed by atoms with Crippen LogP contribution in [0.15, 0.2) is 24.5 Å². The highest BCUT2D eigenvalue weighted by molar-refractivity contribution is 5.75. The number of likely N-dealkylation sites (tertiary alicyclic amines) is 1. The van der Waals surface area contributed by atoms with Crippen molar-refractivity contribution in [3.63, 3.8) is 0 Å². The van der Waals surface area contributed by atoms with Gasteiger partial charge >= 0.3 is 6.03 Å². The third kappa shape index (κ3) is 3.80. The molecule has 2 amide bonds. The number of nitrogens with one attached hydrogen (secondary N) is 1. The lowest BCUT2D eigenvalue weighted by Crippen LogP contribution is -2.49. The first kappa shape index (κ1) is 16.8. The number of aromatic nitrogens is 1. The van der Waals surface area contributed by atoms with Crippen molar-refractivity contribution >= 4 is 6.03 Å². The Bertz CT molecular complexity index is 607. The Balaban J connectivity index is 1.44. The van der Waals surface area contributed by atoms with Crippen molar-refractivity contribution in [2.75, 3.05) is 39.4 Å². The van der Waals surface area contributed by atoms with Crippen molar-refractivity contribution in [2.24, 2.45) is 11.3 Å². The summed E-state index contributed by atoms with van der Waals surface area (Å²) in [5, 5.41) is 3.13. The zero-order chi connectivity index (χ0) is 17.3. The second-order valence-electron chi connectivity index (χ2n) is 7.99. The normalized spacial score (nSPS) is 30.4. The van der Waals surface area contributed by atoms with Gasteiger partial charge in [0.25, 0.3) is 0 Å². The third-order valence-electron chi connectivity index (χ3n) is 5.84. The highest BCUT2D eigenvalue weighted by Gasteiger charge is 2.47. The monoisotopic (exact) mass is 344 g/mol. The number of nitrogens with zero attached hydrogens (tertiary/aromatic N) is 3. The Kier molecular flexibility index (Phi) is 4.65. The molecule has 1 N–H and O–H groups in total. The van der Waals surface area contributed by atoms with E-state index in [1.165, 1.54) is 5.56 Å². The predicted molar refractivity (Wildman–Crippen MR) is 95.1 cm³/mol. The Hall–Kier alpha value is -1.66. The maximum Gasteiger partial charge on any atom is 0.317 e. The van der Waals surface area contributed by atoms with Crippen molar-refractivity contribution in [3.8, 4) is 0 Å². The molecule has 0 unspecified atom stereocenters. The van der Waals surface area contributed by atoms with Crippen LogP contribution in [0.5, 0.6) is 0 Å². The highest BCUT2D eigenvalue weighted by Crippen LogP contribution is 2.39. The van der Waals surface area contributed by atoms with Gasteiger partial charge in [-0.05, 0) is 30.4 Å². The molecule has 1 saturated carbocycles. The molecule has 2 saturated heterocycles. The summed E-state index contributed by atoms with van der Waals surface area (Å²) in [5.41, 5.74) is 1.27. The lowest BCUT2D eigenvalue weighted by Gasteiger charge is -2.35. The molecule has 3 fully saturated rings. The van der Waals surface area contributed by atoms with Crippen LogP contribution in [0.1, 0.15) is 25.3 Å². The van der Waals surface area contributed by atoms with Crippen LogP contribution in [0.25, 0.3) is 0 Å². The van der Waals surface area contributed by atoms with Gasteiger partial charge in [-0.3, -0.25) is 9.88 Å². The van der Waals surface area contributed by atoms with Crippen LogP contribution < -0.4 is 5.32 Å². The van der Waals surface area contributed by atoms with E-state index in [4.69, 9.17) is 4.74 Å². The molecular weight excluding hydrogens is 316 g/mol. The maximum atomic E-state index is 12.6. The van der Waals surface area contributed by atoms with E-state index in [0.29, 0.717) is 25.1 Å². The van der Waals surface area contributed by atoms with Gasteiger partial charge in [-0.1, -0.05) is 13.0 Å². The molecule has 1 aromatic rings. The summed E-state index contributed by atoms with van der Waals surface area (Å²) in [4.78, 5) is 21.2. The van der Waals surface area contributed by atoms with Crippen LogP contribution in [0, 0.1) is 11.3 Å². The van der Waals surface area contributed by atoms with Crippen molar-refractivity contribution in [2.45, 2.75) is 32.4 Å². The summed E-state index contributed by atoms with van der Waals surface area (Å²) in [6.07, 6.45) is 5.99. The Morgan fingerprint density at radius 3 is 3.08 bits per heavy atom. The van der Waals surface area contributed by atoms with Gasteiger partial charge in [0.05, 0.1) is 13.2 Å². The van der Waals surface area contributed by atoms with Crippen molar-refractivity contribution in [1.29, 1.82) is 0 Å². The van der Waals surface area contributed by atoms with Crippen molar-refractivity contribution in [3.05, 3.63) is 30.1 Å². The number of amides is 2. The van der Waals surface area contributed by atoms with E-state index in [2.05, 4.69) is 28.2 Å². The summed E-state index contributed by atoms with van der Waals surface area (Å²) in [5.74, 6) is 0.499. The van der Waals surface area contributed by atoms with Gasteiger partial charge in [0, 0.05) is 56.6 Å². The number of hydrogen-bond acceptors (Lipinski definition) is 4. The van der Waals surface area contributed by atoms with Crippen LogP contribution in [0.4, 0.5) is 4.79 Å². The minimum absolute atomic E-state index is 0.0274. The third-order valence-corrected chi connectivity index (χ3v) is 5.84. The quantitative estimate of drug-likeness (QED) is 0.907. The van der Waals surface area contributed by atoms with Gasteiger partial charge in [-0.2, -0.15) is 0 Å². The molecule has 0 radical (unpaired) electrons. The molecule has 2 aliphatic heterocycles. The lowest BCUT2D eigenvalue weighted by atomic mass is 9.79. The first-order chi connectivity index (χ1) is 12.1. The van der Waals surface area contributed by atoms with E-state index < -0.39 is 0 Å². The topological polar surface area (TPSA) is 57.7 Å². The van der Waals surface area contributed by atoms with Gasteiger partial charge in [0.1, 0.15) is 0 Å². The van der Waals surface area contributed by atoms with Gasteiger partial charge in [-0.15, -0.1) is 0 Å². The number of carbonyl (C=O) groups excluding carboxylic acids is 1. The van der Waals surface area contributed by atoms with Crippen LogP contribution in [0.2, 0.25) is 0 Å². The average molecular weight is 344 g/mol. The Labute approximate surface area is 149 Å². The fourth-order valence-corrected chi connectivity index (χ4v) is 4.13. The molecule has 6 heteroatoms. The van der Waals surface area contributed by atoms with E-state index >= 15 is 0 Å². The number of hydrogen-bond donors (Lipinski definition) is 1. The fraction of sp³-hybridized carbons (Fsp3) is 0.684. The Morgan fingerprint density at radius 2 is 2.32 bits per heavy atom. The number of pyridine rings is 1. The summed E-state index contributed by atoms with van der Waals surface area (Å²) in [6, 6.07) is 4.60. The maximum absolute atomic E-state index is 12.6. The van der Waals surface area contributed by atoms with E-state index in [1.807, 2.05) is 23.4 Å². The number of carbonyl (C=O) groups is 1. The molecule has 3 aliphatic rings. The first-order valence-corrected chi connectivity index (χ1v) is 9.39. The SMILES string of the molecule is C[C@H]1CN(Cc2cccnc2)C[C@@]12COCCN(C(=O)NC1CC1)C2. The first-order valence-electron chi connectivity index (χ1n) is 9.39. The standard InChI is InChI=1S/C19H28N4O2/c1-15-10-22(11-16-3-2-6-20-9-16)12-19(15)13-23(7-8-25-14-19)18(24)21-17-4-5-17/h2-3,6,9,15,17H,4-5,7-8,10-14H2,1H3,(H,21,24)/t15-,19+/m0/s1. The molecule has 25 heavy (non-hydrogen) atoms. The largest absolute Gasteiger partial charge is 0.379 e. The Morgan fingerprint density at radius 1 is 1.44 bits per heavy atom. The second-order valence-corrected chi connectivity index (χ2v) is 7.99. The summed E-state index contributed by atoms with van der Waals surface area (Å²) in [6.45, 7) is 8.07. The van der Waals surface area contributed by atoms with E-state index in [-0.39, 0.29) is 11.4 Å². The highest BCUT2D eigenvalue weighted by atomic mass is 16.5. The molecule has 3 heterocycles. The molecule has 0 bridgehead atoms. The number of ether oxygens (including phenoxy) is 1. The second kappa shape index (κ2) is 6.92. The van der Waals surface area contributed by atoms with Crippen LogP contribution in [0.3, 0.4) is 0 Å². The number of rotatable bonds is 3. The summed E-state index contributed by atoms with van der Waals surface area (Å²) in [7, 11) is 0. The molecule has 0 aromatic carbocycles. The average Bonchev–Trinajstić information content (AvgIpc) is 3.38. The predicted octanol–water partition coefficient (Wildman–Crippen LogP) is 1.72. The smallest absolute Gasteiger partial charge is 0.317 e. The van der Waals surface area contributed by atoms with Crippen molar-refractivity contribution < 1.29 is 9.53 Å². The van der Waals surface area contributed by atoms with Crippen LogP contribution >= 0.6 is 0 Å². The molecule has 4 rings (SSSR count). The van der Waals surface area contributed by atoms with E-state index in [1.54, 1.807) is 0 Å². The van der Waals surface area contributed by atoms with Crippen LogP contribution in [-0.4, -0.2) is 66.2 Å². The molecular formula is C19H28N4O2. The van der Waals surface area contributed by atoms with E-state index in [0.717, 1.165) is 45.6 Å². The molecule has 2 atom stereocenters. The van der Waals surface area contributed by atoms with Gasteiger partial charge in [0.2, 0.25) is 0 Å². The minimum Gasteiger partial charge on any atom is -0.379 e. The molecule has 6 nitrogen and oxygen atoms in total. The van der Waals surface area contributed by atoms with Crippen molar-refractivity contribution in [1.82, 2.24) is 20.1 Å². The molecule has 136 valence electrons. The van der Waals surface area contributed by atoms with Gasteiger partial charge in [0.15, 0.2) is 0 Å².